The van der Waals surface area contributed by atoms with E-state index < -0.39 is 0 Å². The van der Waals surface area contributed by atoms with Crippen molar-refractivity contribution in [1.82, 2.24) is 15.2 Å². The van der Waals surface area contributed by atoms with Crippen LogP contribution in [0.2, 0.25) is 5.02 Å². The van der Waals surface area contributed by atoms with Crippen LogP contribution in [0.3, 0.4) is 0 Å². The Morgan fingerprint density at radius 1 is 1.07 bits per heavy atom. The second-order valence-electron chi connectivity index (χ2n) is 7.58. The van der Waals surface area contributed by atoms with Gasteiger partial charge in [0.15, 0.2) is 0 Å². The van der Waals surface area contributed by atoms with Crippen molar-refractivity contribution in [3.8, 4) is 0 Å². The minimum absolute atomic E-state index is 0.794. The Bertz CT molecular complexity index is 909. The van der Waals surface area contributed by atoms with Gasteiger partial charge in [0.2, 0.25) is 0 Å². The summed E-state index contributed by atoms with van der Waals surface area (Å²) < 4.78 is 2.40. The molecule has 1 aliphatic rings. The standard InChI is InChI=1S/C23H28ClN3/c1-17-21(15-26-14-18-10-12-25-13-11-18)20-7-3-5-9-23(20)27(17)16-19-6-2-4-8-22(19)24/h2-9,18,25-26H,10-16H2,1H3. The fourth-order valence-corrected chi connectivity index (χ4v) is 4.41. The first-order valence-electron chi connectivity index (χ1n) is 9.95. The van der Waals surface area contributed by atoms with Crippen LogP contribution in [0.5, 0.6) is 0 Å². The van der Waals surface area contributed by atoms with Crippen molar-refractivity contribution in [2.75, 3.05) is 19.6 Å². The Morgan fingerprint density at radius 2 is 1.81 bits per heavy atom. The number of benzene rings is 2. The predicted octanol–water partition coefficient (Wildman–Crippen LogP) is 4.74. The second-order valence-corrected chi connectivity index (χ2v) is 7.99. The van der Waals surface area contributed by atoms with Crippen LogP contribution < -0.4 is 10.6 Å². The number of hydrogen-bond acceptors (Lipinski definition) is 2. The van der Waals surface area contributed by atoms with Gasteiger partial charge in [-0.15, -0.1) is 0 Å². The van der Waals surface area contributed by atoms with E-state index in [0.717, 1.165) is 49.2 Å². The molecule has 2 N–H and O–H groups in total. The van der Waals surface area contributed by atoms with Crippen LogP contribution in [-0.2, 0) is 13.1 Å². The molecule has 1 fully saturated rings. The van der Waals surface area contributed by atoms with Crippen LogP contribution in [0.15, 0.2) is 48.5 Å². The number of fused-ring (bicyclic) bond motifs is 1. The van der Waals surface area contributed by atoms with E-state index in [0.29, 0.717) is 0 Å². The smallest absolute Gasteiger partial charge is 0.0493 e. The van der Waals surface area contributed by atoms with Crippen LogP contribution in [0.25, 0.3) is 10.9 Å². The Hall–Kier alpha value is -1.81. The summed E-state index contributed by atoms with van der Waals surface area (Å²) in [5.74, 6) is 0.794. The molecule has 0 saturated carbocycles. The third-order valence-corrected chi connectivity index (χ3v) is 6.21. The molecule has 2 heterocycles. The molecule has 4 rings (SSSR count). The average Bonchev–Trinajstić information content (AvgIpc) is 2.96. The molecule has 0 unspecified atom stereocenters. The van der Waals surface area contributed by atoms with Gasteiger partial charge in [0.1, 0.15) is 0 Å². The van der Waals surface area contributed by atoms with Crippen LogP contribution in [0, 0.1) is 12.8 Å². The van der Waals surface area contributed by atoms with Gasteiger partial charge in [-0.05, 0) is 68.6 Å². The maximum atomic E-state index is 6.42. The summed E-state index contributed by atoms with van der Waals surface area (Å²) in [5.41, 5.74) is 5.19. The molecule has 0 aliphatic carbocycles. The number of aromatic nitrogens is 1. The second kappa shape index (κ2) is 8.47. The molecule has 0 bridgehead atoms. The lowest BCUT2D eigenvalue weighted by molar-refractivity contribution is 0.356. The summed E-state index contributed by atoms with van der Waals surface area (Å²) in [6.45, 7) is 7.38. The molecule has 1 aliphatic heterocycles. The van der Waals surface area contributed by atoms with Crippen molar-refractivity contribution < 1.29 is 0 Å². The lowest BCUT2D eigenvalue weighted by Crippen LogP contribution is -2.33. The number of piperidine rings is 1. The summed E-state index contributed by atoms with van der Waals surface area (Å²) in [6.07, 6.45) is 2.56. The number of nitrogens with one attached hydrogen (secondary N) is 2. The van der Waals surface area contributed by atoms with E-state index in [1.807, 2.05) is 12.1 Å². The van der Waals surface area contributed by atoms with E-state index in [2.05, 4.69) is 58.5 Å². The normalized spacial score (nSPS) is 15.5. The number of para-hydroxylation sites is 1. The highest BCUT2D eigenvalue weighted by molar-refractivity contribution is 6.31. The van der Waals surface area contributed by atoms with Crippen molar-refractivity contribution >= 4 is 22.5 Å². The highest BCUT2D eigenvalue weighted by atomic mass is 35.5. The Kier molecular flexibility index (Phi) is 5.82. The van der Waals surface area contributed by atoms with Crippen molar-refractivity contribution in [1.29, 1.82) is 0 Å². The molecule has 1 aromatic heterocycles. The predicted molar refractivity (Wildman–Crippen MR) is 115 cm³/mol. The largest absolute Gasteiger partial charge is 0.340 e. The van der Waals surface area contributed by atoms with Crippen LogP contribution in [0.1, 0.15) is 29.7 Å². The SMILES string of the molecule is Cc1c(CNCC2CCNCC2)c2ccccc2n1Cc1ccccc1Cl. The molecule has 0 radical (unpaired) electrons. The molecule has 27 heavy (non-hydrogen) atoms. The van der Waals surface area contributed by atoms with Crippen molar-refractivity contribution in [3.05, 3.63) is 70.4 Å². The summed E-state index contributed by atoms with van der Waals surface area (Å²) in [6, 6.07) is 16.9. The van der Waals surface area contributed by atoms with Gasteiger partial charge < -0.3 is 15.2 Å². The summed E-state index contributed by atoms with van der Waals surface area (Å²) >= 11 is 6.42. The highest BCUT2D eigenvalue weighted by Gasteiger charge is 2.16. The van der Waals surface area contributed by atoms with Crippen LogP contribution >= 0.6 is 11.6 Å². The summed E-state index contributed by atoms with van der Waals surface area (Å²) in [4.78, 5) is 0. The van der Waals surface area contributed by atoms with Crippen molar-refractivity contribution in [2.45, 2.75) is 32.9 Å². The monoisotopic (exact) mass is 381 g/mol. The van der Waals surface area contributed by atoms with Gasteiger partial charge in [-0.1, -0.05) is 48.0 Å². The van der Waals surface area contributed by atoms with Gasteiger partial charge in [-0.3, -0.25) is 0 Å². The zero-order valence-electron chi connectivity index (χ0n) is 16.0. The Balaban J connectivity index is 1.57. The molecule has 3 nitrogen and oxygen atoms in total. The highest BCUT2D eigenvalue weighted by Crippen LogP contribution is 2.28. The summed E-state index contributed by atoms with van der Waals surface area (Å²) in [7, 11) is 0. The Labute approximate surface area is 166 Å². The summed E-state index contributed by atoms with van der Waals surface area (Å²) in [5, 5.41) is 9.35. The third kappa shape index (κ3) is 4.06. The minimum Gasteiger partial charge on any atom is -0.340 e. The maximum absolute atomic E-state index is 6.42. The van der Waals surface area contributed by atoms with Gasteiger partial charge in [0, 0.05) is 34.7 Å². The lowest BCUT2D eigenvalue weighted by Gasteiger charge is -2.22. The van der Waals surface area contributed by atoms with Gasteiger partial charge >= 0.3 is 0 Å². The van der Waals surface area contributed by atoms with Gasteiger partial charge in [0.25, 0.3) is 0 Å². The molecule has 2 aromatic carbocycles. The molecule has 0 amide bonds. The molecule has 3 aromatic rings. The first-order chi connectivity index (χ1) is 13.2. The zero-order valence-corrected chi connectivity index (χ0v) is 16.7. The average molecular weight is 382 g/mol. The number of hydrogen-bond donors (Lipinski definition) is 2. The fourth-order valence-electron chi connectivity index (χ4n) is 4.21. The maximum Gasteiger partial charge on any atom is 0.0493 e. The van der Waals surface area contributed by atoms with Gasteiger partial charge in [0.05, 0.1) is 0 Å². The molecule has 0 spiro atoms. The van der Waals surface area contributed by atoms with E-state index >= 15 is 0 Å². The van der Waals surface area contributed by atoms with Gasteiger partial charge in [-0.25, -0.2) is 0 Å². The number of halogens is 1. The van der Waals surface area contributed by atoms with E-state index in [1.54, 1.807) is 0 Å². The minimum atomic E-state index is 0.794. The Morgan fingerprint density at radius 3 is 2.63 bits per heavy atom. The first kappa shape index (κ1) is 18.5. The van der Waals surface area contributed by atoms with Crippen molar-refractivity contribution in [2.24, 2.45) is 5.92 Å². The van der Waals surface area contributed by atoms with E-state index in [9.17, 15) is 0 Å². The molecule has 4 heteroatoms. The fraction of sp³-hybridized carbons (Fsp3) is 0.391. The number of nitrogens with zero attached hydrogens (tertiary/aromatic N) is 1. The van der Waals surface area contributed by atoms with Crippen LogP contribution in [-0.4, -0.2) is 24.2 Å². The third-order valence-electron chi connectivity index (χ3n) is 5.84. The van der Waals surface area contributed by atoms with Gasteiger partial charge in [-0.2, -0.15) is 0 Å². The zero-order chi connectivity index (χ0) is 18.6. The van der Waals surface area contributed by atoms with E-state index in [4.69, 9.17) is 11.6 Å². The lowest BCUT2D eigenvalue weighted by atomic mass is 9.98. The topological polar surface area (TPSA) is 29.0 Å². The molecule has 0 atom stereocenters. The van der Waals surface area contributed by atoms with Crippen LogP contribution in [0.4, 0.5) is 0 Å². The van der Waals surface area contributed by atoms with E-state index in [-0.39, 0.29) is 0 Å². The number of rotatable bonds is 6. The molecule has 1 saturated heterocycles. The molecule has 142 valence electrons. The first-order valence-corrected chi connectivity index (χ1v) is 10.3. The van der Waals surface area contributed by atoms with Crippen molar-refractivity contribution in [3.63, 3.8) is 0 Å². The van der Waals surface area contributed by atoms with E-state index in [1.165, 1.54) is 35.0 Å². The molecular weight excluding hydrogens is 354 g/mol. The quantitative estimate of drug-likeness (QED) is 0.645. The molecular formula is C23H28ClN3.